The fraction of sp³-hybridized carbons (Fsp3) is 0.0667. The Morgan fingerprint density at radius 3 is 2.10 bits per heavy atom. The van der Waals surface area contributed by atoms with Crippen molar-refractivity contribution in [2.45, 2.75) is 0 Å². The van der Waals surface area contributed by atoms with E-state index in [4.69, 9.17) is 23.2 Å². The molecule has 6 heteroatoms. The summed E-state index contributed by atoms with van der Waals surface area (Å²) in [4.78, 5) is 27.2. The molecule has 0 atom stereocenters. The van der Waals surface area contributed by atoms with E-state index in [1.807, 2.05) is 18.2 Å². The standard InChI is InChI=1S/C15H10Cl2N2O2/c16-10-6-11(17)8-13(7-10)19-14(20)9-18(15(19)21)12-4-2-1-3-5-12/h1-8H,9H2. The van der Waals surface area contributed by atoms with Crippen LogP contribution >= 0.6 is 23.2 Å². The maximum atomic E-state index is 12.5. The van der Waals surface area contributed by atoms with Crippen LogP contribution in [0, 0.1) is 0 Å². The Kier molecular flexibility index (Phi) is 3.57. The molecule has 1 aliphatic rings. The molecule has 3 rings (SSSR count). The Labute approximate surface area is 131 Å². The van der Waals surface area contributed by atoms with Crippen LogP contribution in [0.15, 0.2) is 48.5 Å². The number of nitrogens with zero attached hydrogens (tertiary/aromatic N) is 2. The van der Waals surface area contributed by atoms with Crippen LogP contribution in [0.25, 0.3) is 0 Å². The number of hydrogen-bond donors (Lipinski definition) is 0. The van der Waals surface area contributed by atoms with E-state index in [0.717, 1.165) is 4.90 Å². The lowest BCUT2D eigenvalue weighted by atomic mass is 10.3. The Bertz CT molecular complexity index is 699. The molecule has 1 heterocycles. The summed E-state index contributed by atoms with van der Waals surface area (Å²) in [6.07, 6.45) is 0. The van der Waals surface area contributed by atoms with Gasteiger partial charge >= 0.3 is 6.03 Å². The zero-order chi connectivity index (χ0) is 15.0. The number of anilines is 2. The maximum Gasteiger partial charge on any atom is 0.336 e. The van der Waals surface area contributed by atoms with Crippen LogP contribution in [0.2, 0.25) is 10.0 Å². The highest BCUT2D eigenvalue weighted by Gasteiger charge is 2.38. The summed E-state index contributed by atoms with van der Waals surface area (Å²) in [6, 6.07) is 13.2. The molecule has 1 aliphatic heterocycles. The van der Waals surface area contributed by atoms with Crippen molar-refractivity contribution in [2.24, 2.45) is 0 Å². The van der Waals surface area contributed by atoms with E-state index in [-0.39, 0.29) is 12.5 Å². The quantitative estimate of drug-likeness (QED) is 0.785. The van der Waals surface area contributed by atoms with Gasteiger partial charge in [0.15, 0.2) is 0 Å². The van der Waals surface area contributed by atoms with Gasteiger partial charge in [-0.05, 0) is 30.3 Å². The van der Waals surface area contributed by atoms with E-state index in [2.05, 4.69) is 0 Å². The van der Waals surface area contributed by atoms with E-state index in [9.17, 15) is 9.59 Å². The van der Waals surface area contributed by atoms with Crippen molar-refractivity contribution in [1.29, 1.82) is 0 Å². The monoisotopic (exact) mass is 320 g/mol. The first-order chi connectivity index (χ1) is 10.1. The lowest BCUT2D eigenvalue weighted by Gasteiger charge is -2.17. The molecular weight excluding hydrogens is 311 g/mol. The number of carbonyl (C=O) groups excluding carboxylic acids is 2. The number of imide groups is 1. The zero-order valence-electron chi connectivity index (χ0n) is 10.8. The summed E-state index contributed by atoms with van der Waals surface area (Å²) in [5, 5.41) is 0.743. The normalized spacial score (nSPS) is 15.0. The third kappa shape index (κ3) is 2.60. The number of amides is 3. The number of rotatable bonds is 2. The van der Waals surface area contributed by atoms with E-state index in [1.165, 1.54) is 17.0 Å². The molecule has 2 aromatic rings. The number of hydrogen-bond acceptors (Lipinski definition) is 2. The summed E-state index contributed by atoms with van der Waals surface area (Å²) in [6.45, 7) is -0.00697. The molecule has 0 bridgehead atoms. The summed E-state index contributed by atoms with van der Waals surface area (Å²) in [5.74, 6) is -0.317. The minimum atomic E-state index is -0.412. The first kappa shape index (κ1) is 13.9. The van der Waals surface area contributed by atoms with Gasteiger partial charge < -0.3 is 0 Å². The second-order valence-electron chi connectivity index (χ2n) is 4.56. The molecule has 3 amide bonds. The van der Waals surface area contributed by atoms with Crippen LogP contribution in [0.4, 0.5) is 16.2 Å². The molecule has 1 fully saturated rings. The summed E-state index contributed by atoms with van der Waals surface area (Å²) in [5.41, 5.74) is 1.05. The minimum absolute atomic E-state index is 0.00697. The van der Waals surface area contributed by atoms with Crippen LogP contribution in [-0.4, -0.2) is 18.5 Å². The van der Waals surface area contributed by atoms with Gasteiger partial charge in [-0.25, -0.2) is 9.69 Å². The number of para-hydroxylation sites is 1. The highest BCUT2D eigenvalue weighted by molar-refractivity contribution is 6.36. The summed E-state index contributed by atoms with van der Waals surface area (Å²) < 4.78 is 0. The van der Waals surface area contributed by atoms with Gasteiger partial charge in [0.25, 0.3) is 5.91 Å². The first-order valence-electron chi connectivity index (χ1n) is 6.22. The fourth-order valence-corrected chi connectivity index (χ4v) is 2.75. The molecule has 0 radical (unpaired) electrons. The molecule has 21 heavy (non-hydrogen) atoms. The van der Waals surface area contributed by atoms with Crippen molar-refractivity contribution in [2.75, 3.05) is 16.3 Å². The Morgan fingerprint density at radius 1 is 0.857 bits per heavy atom. The Hall–Kier alpha value is -2.04. The zero-order valence-corrected chi connectivity index (χ0v) is 12.3. The molecule has 0 spiro atoms. The van der Waals surface area contributed by atoms with Gasteiger partial charge in [-0.15, -0.1) is 0 Å². The van der Waals surface area contributed by atoms with Crippen LogP contribution in [-0.2, 0) is 4.79 Å². The molecule has 4 nitrogen and oxygen atoms in total. The van der Waals surface area contributed by atoms with Gasteiger partial charge in [0, 0.05) is 15.7 Å². The molecule has 1 saturated heterocycles. The second kappa shape index (κ2) is 5.39. The Balaban J connectivity index is 1.98. The van der Waals surface area contributed by atoms with Crippen LogP contribution < -0.4 is 9.80 Å². The van der Waals surface area contributed by atoms with E-state index in [1.54, 1.807) is 18.2 Å². The Morgan fingerprint density at radius 2 is 1.48 bits per heavy atom. The van der Waals surface area contributed by atoms with Crippen LogP contribution in [0.3, 0.4) is 0 Å². The fourth-order valence-electron chi connectivity index (χ4n) is 2.23. The number of halogens is 2. The molecule has 0 N–H and O–H groups in total. The molecule has 0 saturated carbocycles. The highest BCUT2D eigenvalue weighted by Crippen LogP contribution is 2.30. The highest BCUT2D eigenvalue weighted by atomic mass is 35.5. The van der Waals surface area contributed by atoms with Gasteiger partial charge in [-0.2, -0.15) is 0 Å². The number of urea groups is 1. The second-order valence-corrected chi connectivity index (χ2v) is 5.43. The topological polar surface area (TPSA) is 40.6 Å². The molecule has 0 aliphatic carbocycles. The first-order valence-corrected chi connectivity index (χ1v) is 6.97. The molecule has 106 valence electrons. The van der Waals surface area contributed by atoms with Crippen molar-refractivity contribution < 1.29 is 9.59 Å². The molecule has 2 aromatic carbocycles. The van der Waals surface area contributed by atoms with Gasteiger partial charge in [0.05, 0.1) is 5.69 Å². The third-order valence-electron chi connectivity index (χ3n) is 3.14. The van der Waals surface area contributed by atoms with E-state index < -0.39 is 6.03 Å². The number of benzene rings is 2. The predicted molar refractivity (Wildman–Crippen MR) is 83.1 cm³/mol. The molecule has 0 unspecified atom stereocenters. The molecular formula is C15H10Cl2N2O2. The van der Waals surface area contributed by atoms with Crippen molar-refractivity contribution >= 4 is 46.5 Å². The van der Waals surface area contributed by atoms with E-state index in [0.29, 0.717) is 21.4 Å². The largest absolute Gasteiger partial charge is 0.336 e. The van der Waals surface area contributed by atoms with Gasteiger partial charge in [-0.3, -0.25) is 9.69 Å². The lowest BCUT2D eigenvalue weighted by molar-refractivity contribution is -0.115. The average Bonchev–Trinajstić information content (AvgIpc) is 2.74. The van der Waals surface area contributed by atoms with Crippen molar-refractivity contribution in [3.63, 3.8) is 0 Å². The van der Waals surface area contributed by atoms with Crippen molar-refractivity contribution in [1.82, 2.24) is 0 Å². The minimum Gasteiger partial charge on any atom is -0.284 e. The van der Waals surface area contributed by atoms with Gasteiger partial charge in [-0.1, -0.05) is 41.4 Å². The number of carbonyl (C=O) groups is 2. The smallest absolute Gasteiger partial charge is 0.284 e. The molecule has 0 aromatic heterocycles. The average molecular weight is 321 g/mol. The van der Waals surface area contributed by atoms with Crippen molar-refractivity contribution in [3.05, 3.63) is 58.6 Å². The summed E-state index contributed by atoms with van der Waals surface area (Å²) in [7, 11) is 0. The maximum absolute atomic E-state index is 12.5. The van der Waals surface area contributed by atoms with Crippen molar-refractivity contribution in [3.8, 4) is 0 Å². The SMILES string of the molecule is O=C1CN(c2ccccc2)C(=O)N1c1cc(Cl)cc(Cl)c1. The third-order valence-corrected chi connectivity index (χ3v) is 3.57. The summed E-state index contributed by atoms with van der Waals surface area (Å²) >= 11 is 11.9. The van der Waals surface area contributed by atoms with Crippen LogP contribution in [0.5, 0.6) is 0 Å². The van der Waals surface area contributed by atoms with Gasteiger partial charge in [0.1, 0.15) is 6.54 Å². The predicted octanol–water partition coefficient (Wildman–Crippen LogP) is 3.97. The lowest BCUT2D eigenvalue weighted by Crippen LogP contribution is -2.32. The van der Waals surface area contributed by atoms with E-state index >= 15 is 0 Å². The van der Waals surface area contributed by atoms with Gasteiger partial charge in [0.2, 0.25) is 0 Å². The van der Waals surface area contributed by atoms with Crippen LogP contribution in [0.1, 0.15) is 0 Å².